The molecule has 1 fully saturated rings. The fourth-order valence-electron chi connectivity index (χ4n) is 2.52. The fraction of sp³-hybridized carbons (Fsp3) is 0.727. The third kappa shape index (κ3) is 1.19. The van der Waals surface area contributed by atoms with Crippen LogP contribution in [0.2, 0.25) is 0 Å². The minimum Gasteiger partial charge on any atom is -0.327 e. The second-order valence-electron chi connectivity index (χ2n) is 4.71. The zero-order valence-electron chi connectivity index (χ0n) is 8.66. The van der Waals surface area contributed by atoms with Crippen LogP contribution in [0.4, 0.5) is 0 Å². The van der Waals surface area contributed by atoms with E-state index >= 15 is 0 Å². The number of aryl methyl sites for hydroxylation is 1. The third-order valence-corrected chi connectivity index (χ3v) is 3.49. The van der Waals surface area contributed by atoms with Crippen molar-refractivity contribution in [1.82, 2.24) is 9.78 Å². The van der Waals surface area contributed by atoms with Crippen LogP contribution in [0.1, 0.15) is 42.1 Å². The van der Waals surface area contributed by atoms with Gasteiger partial charge in [-0.1, -0.05) is 0 Å². The highest BCUT2D eigenvalue weighted by Gasteiger charge is 2.32. The summed E-state index contributed by atoms with van der Waals surface area (Å²) in [6, 6.07) is 0.352. The molecule has 2 N–H and O–H groups in total. The van der Waals surface area contributed by atoms with Crippen molar-refractivity contribution in [2.24, 2.45) is 12.8 Å². The van der Waals surface area contributed by atoms with Gasteiger partial charge in [-0.3, -0.25) is 4.68 Å². The molecule has 0 bridgehead atoms. The Morgan fingerprint density at radius 2 is 2.14 bits per heavy atom. The van der Waals surface area contributed by atoms with E-state index in [1.165, 1.54) is 29.8 Å². The van der Waals surface area contributed by atoms with Crippen LogP contribution in [0.5, 0.6) is 0 Å². The minimum atomic E-state index is 0.352. The van der Waals surface area contributed by atoms with Gasteiger partial charge in [0.1, 0.15) is 0 Å². The van der Waals surface area contributed by atoms with Crippen LogP contribution in [-0.4, -0.2) is 15.8 Å². The second-order valence-corrected chi connectivity index (χ2v) is 4.71. The van der Waals surface area contributed by atoms with Crippen LogP contribution in [0.25, 0.3) is 0 Å². The average molecular weight is 191 g/mol. The lowest BCUT2D eigenvalue weighted by Crippen LogP contribution is -2.28. The van der Waals surface area contributed by atoms with Crippen LogP contribution in [0, 0.1) is 0 Å². The lowest BCUT2D eigenvalue weighted by atomic mass is 9.91. The van der Waals surface area contributed by atoms with E-state index in [1.54, 1.807) is 0 Å². The van der Waals surface area contributed by atoms with Gasteiger partial charge in [0.15, 0.2) is 0 Å². The first-order valence-corrected chi connectivity index (χ1v) is 5.56. The molecular weight excluding hydrogens is 174 g/mol. The Hall–Kier alpha value is -0.830. The van der Waals surface area contributed by atoms with Crippen molar-refractivity contribution in [3.05, 3.63) is 17.0 Å². The summed E-state index contributed by atoms with van der Waals surface area (Å²) in [6.07, 6.45) is 5.99. The number of fused-ring (bicyclic) bond motifs is 1. The predicted molar refractivity (Wildman–Crippen MR) is 55.2 cm³/mol. The van der Waals surface area contributed by atoms with Crippen molar-refractivity contribution in [3.8, 4) is 0 Å². The van der Waals surface area contributed by atoms with Gasteiger partial charge in [-0.05, 0) is 31.2 Å². The number of nitrogens with zero attached hydrogens (tertiary/aromatic N) is 2. The van der Waals surface area contributed by atoms with E-state index in [1.807, 2.05) is 0 Å². The van der Waals surface area contributed by atoms with E-state index in [4.69, 9.17) is 5.73 Å². The Balaban J connectivity index is 2.04. The lowest BCUT2D eigenvalue weighted by molar-refractivity contribution is 0.547. The van der Waals surface area contributed by atoms with Crippen LogP contribution in [0.3, 0.4) is 0 Å². The molecule has 0 spiro atoms. The summed E-state index contributed by atoms with van der Waals surface area (Å²) in [5, 5.41) is 4.65. The molecule has 1 aromatic rings. The van der Waals surface area contributed by atoms with Crippen LogP contribution >= 0.6 is 0 Å². The summed E-state index contributed by atoms with van der Waals surface area (Å²) >= 11 is 0. The van der Waals surface area contributed by atoms with Crippen molar-refractivity contribution in [3.63, 3.8) is 0 Å². The minimum absolute atomic E-state index is 0.352. The second kappa shape index (κ2) is 2.83. The zero-order valence-corrected chi connectivity index (χ0v) is 8.66. The van der Waals surface area contributed by atoms with Gasteiger partial charge in [-0.25, -0.2) is 0 Å². The molecule has 0 aliphatic heterocycles. The normalized spacial score (nSPS) is 26.3. The van der Waals surface area contributed by atoms with E-state index in [-0.39, 0.29) is 0 Å². The van der Waals surface area contributed by atoms with E-state index < -0.39 is 0 Å². The van der Waals surface area contributed by atoms with Crippen LogP contribution in [0.15, 0.2) is 0 Å². The number of aromatic nitrogens is 2. The first kappa shape index (κ1) is 8.48. The summed E-state index contributed by atoms with van der Waals surface area (Å²) in [5.41, 5.74) is 10.3. The monoisotopic (exact) mass is 191 g/mol. The SMILES string of the molecule is Cn1nc(C2CC2)c2c1CC(N)CC2. The maximum atomic E-state index is 5.98. The highest BCUT2D eigenvalue weighted by atomic mass is 15.3. The summed E-state index contributed by atoms with van der Waals surface area (Å²) in [6.45, 7) is 0. The van der Waals surface area contributed by atoms with E-state index in [0.29, 0.717) is 6.04 Å². The summed E-state index contributed by atoms with van der Waals surface area (Å²) < 4.78 is 2.06. The quantitative estimate of drug-likeness (QED) is 0.722. The highest BCUT2D eigenvalue weighted by molar-refractivity contribution is 5.34. The molecule has 1 unspecified atom stereocenters. The number of nitrogens with two attached hydrogens (primary N) is 1. The molecule has 2 aliphatic carbocycles. The van der Waals surface area contributed by atoms with Gasteiger partial charge >= 0.3 is 0 Å². The standard InChI is InChI=1S/C11H17N3/c1-14-10-6-8(12)4-5-9(10)11(13-14)7-2-3-7/h7-8H,2-6,12H2,1H3. The molecule has 0 aromatic carbocycles. The van der Waals surface area contributed by atoms with Crippen molar-refractivity contribution in [1.29, 1.82) is 0 Å². The Morgan fingerprint density at radius 1 is 1.36 bits per heavy atom. The summed E-state index contributed by atoms with van der Waals surface area (Å²) in [5.74, 6) is 0.777. The first-order valence-electron chi connectivity index (χ1n) is 5.56. The molecule has 1 aromatic heterocycles. The molecule has 3 heteroatoms. The number of rotatable bonds is 1. The summed E-state index contributed by atoms with van der Waals surface area (Å²) in [7, 11) is 2.06. The van der Waals surface area contributed by atoms with Gasteiger partial charge < -0.3 is 5.73 Å². The van der Waals surface area contributed by atoms with Gasteiger partial charge in [0.05, 0.1) is 5.69 Å². The number of hydrogen-bond acceptors (Lipinski definition) is 2. The Labute approximate surface area is 84.3 Å². The molecule has 76 valence electrons. The smallest absolute Gasteiger partial charge is 0.0690 e. The molecule has 2 aliphatic rings. The molecule has 3 nitrogen and oxygen atoms in total. The average Bonchev–Trinajstić information content (AvgIpc) is 2.94. The Morgan fingerprint density at radius 3 is 2.86 bits per heavy atom. The molecule has 14 heavy (non-hydrogen) atoms. The molecular formula is C11H17N3. The van der Waals surface area contributed by atoms with Crippen molar-refractivity contribution < 1.29 is 0 Å². The molecule has 1 heterocycles. The van der Waals surface area contributed by atoms with Crippen molar-refractivity contribution in [2.45, 2.75) is 44.1 Å². The van der Waals surface area contributed by atoms with Gasteiger partial charge in [-0.15, -0.1) is 0 Å². The summed E-state index contributed by atoms with van der Waals surface area (Å²) in [4.78, 5) is 0. The maximum Gasteiger partial charge on any atom is 0.0690 e. The molecule has 0 radical (unpaired) electrons. The van der Waals surface area contributed by atoms with E-state index in [2.05, 4.69) is 16.8 Å². The topological polar surface area (TPSA) is 43.8 Å². The van der Waals surface area contributed by atoms with Crippen LogP contribution in [-0.2, 0) is 19.9 Å². The Bertz CT molecular complexity index is 363. The predicted octanol–water partition coefficient (Wildman–Crippen LogP) is 1.11. The molecule has 1 saturated carbocycles. The molecule has 3 rings (SSSR count). The van der Waals surface area contributed by atoms with Gasteiger partial charge in [0.2, 0.25) is 0 Å². The first-order chi connectivity index (χ1) is 6.75. The third-order valence-electron chi connectivity index (χ3n) is 3.49. The maximum absolute atomic E-state index is 5.98. The molecule has 0 amide bonds. The van der Waals surface area contributed by atoms with Crippen LogP contribution < -0.4 is 5.73 Å². The van der Waals surface area contributed by atoms with Gasteiger partial charge in [0, 0.05) is 31.1 Å². The van der Waals surface area contributed by atoms with Crippen molar-refractivity contribution >= 4 is 0 Å². The molecule has 1 atom stereocenters. The fourth-order valence-corrected chi connectivity index (χ4v) is 2.52. The zero-order chi connectivity index (χ0) is 9.71. The highest BCUT2D eigenvalue weighted by Crippen LogP contribution is 2.42. The molecule has 0 saturated heterocycles. The largest absolute Gasteiger partial charge is 0.327 e. The van der Waals surface area contributed by atoms with Gasteiger partial charge in [0.25, 0.3) is 0 Å². The Kier molecular flexibility index (Phi) is 1.71. The number of hydrogen-bond donors (Lipinski definition) is 1. The lowest BCUT2D eigenvalue weighted by Gasteiger charge is -2.19. The van der Waals surface area contributed by atoms with Crippen molar-refractivity contribution in [2.75, 3.05) is 0 Å². The van der Waals surface area contributed by atoms with E-state index in [0.717, 1.165) is 25.2 Å². The van der Waals surface area contributed by atoms with E-state index in [9.17, 15) is 0 Å². The van der Waals surface area contributed by atoms with Gasteiger partial charge in [-0.2, -0.15) is 5.10 Å².